The van der Waals surface area contributed by atoms with Crippen LogP contribution in [0.25, 0.3) is 0 Å². The van der Waals surface area contributed by atoms with Gasteiger partial charge in [0.2, 0.25) is 0 Å². The summed E-state index contributed by atoms with van der Waals surface area (Å²) in [5, 5.41) is 3.46. The molecule has 6 nitrogen and oxygen atoms in total. The van der Waals surface area contributed by atoms with Crippen LogP contribution in [0.2, 0.25) is 0 Å². The third-order valence-corrected chi connectivity index (χ3v) is 5.26. The molecule has 2 rings (SSSR count). The molecule has 1 atom stereocenters. The fraction of sp³-hybridized carbons (Fsp3) is 0.947. The Kier molecular flexibility index (Phi) is 9.58. The third kappa shape index (κ3) is 7.50. The lowest BCUT2D eigenvalue weighted by atomic mass is 9.99. The molecule has 6 heteroatoms. The largest absolute Gasteiger partial charge is 0.382 e. The van der Waals surface area contributed by atoms with Crippen LogP contribution in [-0.4, -0.2) is 88.5 Å². The summed E-state index contributed by atoms with van der Waals surface area (Å²) in [5.41, 5.74) is 0. The number of ether oxygens (including phenoxy) is 2. The zero-order valence-corrected chi connectivity index (χ0v) is 16.5. The molecule has 0 radical (unpaired) electrons. The first-order valence-corrected chi connectivity index (χ1v) is 10.0. The predicted octanol–water partition coefficient (Wildman–Crippen LogP) is 1.67. The van der Waals surface area contributed by atoms with Crippen LogP contribution >= 0.6 is 0 Å². The van der Waals surface area contributed by atoms with Crippen LogP contribution < -0.4 is 5.32 Å². The minimum Gasteiger partial charge on any atom is -0.382 e. The van der Waals surface area contributed by atoms with Gasteiger partial charge < -0.3 is 24.6 Å². The topological polar surface area (TPSA) is 49.3 Å². The Morgan fingerprint density at radius 1 is 1.16 bits per heavy atom. The van der Waals surface area contributed by atoms with Gasteiger partial charge in [0.15, 0.2) is 5.96 Å². The Bertz CT molecular complexity index is 384. The van der Waals surface area contributed by atoms with Crippen LogP contribution in [0, 0.1) is 11.8 Å². The van der Waals surface area contributed by atoms with Crippen molar-refractivity contribution < 1.29 is 9.47 Å². The van der Waals surface area contributed by atoms with E-state index in [0.29, 0.717) is 19.1 Å². The summed E-state index contributed by atoms with van der Waals surface area (Å²) in [6.45, 7) is 14.2. The summed E-state index contributed by atoms with van der Waals surface area (Å²) < 4.78 is 10.7. The SMILES string of the molecule is CCNC(=NCCN1CCC(C)CC1)N1CCC(COCCOC)C1. The minimum atomic E-state index is 0.601. The lowest BCUT2D eigenvalue weighted by molar-refractivity contribution is 0.0536. The highest BCUT2D eigenvalue weighted by molar-refractivity contribution is 5.80. The molecule has 0 aliphatic carbocycles. The Hall–Kier alpha value is -0.850. The molecule has 0 amide bonds. The quantitative estimate of drug-likeness (QED) is 0.388. The number of nitrogens with one attached hydrogen (secondary N) is 1. The van der Waals surface area contributed by atoms with Crippen LogP contribution in [0.1, 0.15) is 33.1 Å². The van der Waals surface area contributed by atoms with E-state index in [4.69, 9.17) is 14.5 Å². The van der Waals surface area contributed by atoms with Crippen LogP contribution in [0.15, 0.2) is 4.99 Å². The maximum absolute atomic E-state index is 5.70. The van der Waals surface area contributed by atoms with Crippen molar-refractivity contribution >= 4 is 5.96 Å². The molecule has 0 bridgehead atoms. The van der Waals surface area contributed by atoms with Gasteiger partial charge in [-0.1, -0.05) is 6.92 Å². The monoisotopic (exact) mass is 354 g/mol. The molecule has 2 saturated heterocycles. The first-order chi connectivity index (χ1) is 12.2. The molecule has 0 aromatic carbocycles. The highest BCUT2D eigenvalue weighted by atomic mass is 16.5. The fourth-order valence-electron chi connectivity index (χ4n) is 3.56. The standard InChI is InChI=1S/C19H38N4O2/c1-4-20-19(21-8-12-22-9-5-17(2)6-10-22)23-11-7-18(15-23)16-25-14-13-24-3/h17-18H,4-16H2,1-3H3,(H,20,21). The van der Waals surface area contributed by atoms with Gasteiger partial charge >= 0.3 is 0 Å². The number of guanidine groups is 1. The molecule has 1 N–H and O–H groups in total. The Morgan fingerprint density at radius 3 is 2.68 bits per heavy atom. The summed E-state index contributed by atoms with van der Waals surface area (Å²) in [6.07, 6.45) is 3.85. The van der Waals surface area contributed by atoms with Crippen molar-refractivity contribution in [3.63, 3.8) is 0 Å². The molecule has 2 fully saturated rings. The average Bonchev–Trinajstić information content (AvgIpc) is 3.08. The molecular weight excluding hydrogens is 316 g/mol. The highest BCUT2D eigenvalue weighted by Gasteiger charge is 2.25. The maximum atomic E-state index is 5.70. The van der Waals surface area contributed by atoms with Crippen LogP contribution in [0.4, 0.5) is 0 Å². The van der Waals surface area contributed by atoms with Crippen molar-refractivity contribution in [2.45, 2.75) is 33.1 Å². The molecule has 146 valence electrons. The second-order valence-corrected chi connectivity index (χ2v) is 7.43. The van der Waals surface area contributed by atoms with E-state index in [-0.39, 0.29) is 0 Å². The number of likely N-dealkylation sites (tertiary alicyclic amines) is 2. The van der Waals surface area contributed by atoms with Crippen molar-refractivity contribution in [1.82, 2.24) is 15.1 Å². The number of piperidine rings is 1. The summed E-state index contributed by atoms with van der Waals surface area (Å²) in [4.78, 5) is 9.84. The molecule has 2 aliphatic rings. The fourth-order valence-corrected chi connectivity index (χ4v) is 3.56. The van der Waals surface area contributed by atoms with Gasteiger partial charge in [0, 0.05) is 39.2 Å². The first-order valence-electron chi connectivity index (χ1n) is 10.0. The van der Waals surface area contributed by atoms with Crippen molar-refractivity contribution in [2.24, 2.45) is 16.8 Å². The molecule has 0 spiro atoms. The van der Waals surface area contributed by atoms with E-state index in [2.05, 4.69) is 29.0 Å². The average molecular weight is 355 g/mol. The highest BCUT2D eigenvalue weighted by Crippen LogP contribution is 2.17. The van der Waals surface area contributed by atoms with Gasteiger partial charge in [-0.2, -0.15) is 0 Å². The van der Waals surface area contributed by atoms with Gasteiger partial charge in [0.25, 0.3) is 0 Å². The normalized spacial score (nSPS) is 23.4. The molecule has 2 heterocycles. The molecule has 0 aromatic rings. The van der Waals surface area contributed by atoms with Crippen LogP contribution in [-0.2, 0) is 9.47 Å². The summed E-state index contributed by atoms with van der Waals surface area (Å²) in [7, 11) is 1.71. The van der Waals surface area contributed by atoms with Crippen molar-refractivity contribution in [2.75, 3.05) is 72.7 Å². The maximum Gasteiger partial charge on any atom is 0.193 e. The zero-order chi connectivity index (χ0) is 17.9. The third-order valence-electron chi connectivity index (χ3n) is 5.26. The summed E-state index contributed by atoms with van der Waals surface area (Å²) in [5.74, 6) is 2.57. The van der Waals surface area contributed by atoms with Gasteiger partial charge in [-0.05, 0) is 45.2 Å². The number of hydrogen-bond acceptors (Lipinski definition) is 4. The molecule has 2 aliphatic heterocycles. The van der Waals surface area contributed by atoms with Gasteiger partial charge in [0.1, 0.15) is 0 Å². The second kappa shape index (κ2) is 11.7. The Labute approximate surface area is 153 Å². The number of methoxy groups -OCH3 is 1. The minimum absolute atomic E-state index is 0.601. The van der Waals surface area contributed by atoms with Crippen molar-refractivity contribution in [3.05, 3.63) is 0 Å². The van der Waals surface area contributed by atoms with E-state index in [1.807, 2.05) is 0 Å². The van der Waals surface area contributed by atoms with E-state index in [9.17, 15) is 0 Å². The van der Waals surface area contributed by atoms with Gasteiger partial charge in [-0.3, -0.25) is 4.99 Å². The predicted molar refractivity (Wildman–Crippen MR) is 103 cm³/mol. The summed E-state index contributed by atoms with van der Waals surface area (Å²) >= 11 is 0. The second-order valence-electron chi connectivity index (χ2n) is 7.43. The van der Waals surface area contributed by atoms with E-state index in [1.165, 1.54) is 32.4 Å². The van der Waals surface area contributed by atoms with Gasteiger partial charge in [-0.15, -0.1) is 0 Å². The van der Waals surface area contributed by atoms with Crippen LogP contribution in [0.3, 0.4) is 0 Å². The molecule has 0 aromatic heterocycles. The van der Waals surface area contributed by atoms with Crippen molar-refractivity contribution in [3.8, 4) is 0 Å². The van der Waals surface area contributed by atoms with Gasteiger partial charge in [-0.25, -0.2) is 0 Å². The van der Waals surface area contributed by atoms with E-state index >= 15 is 0 Å². The Balaban J connectivity index is 1.71. The lowest BCUT2D eigenvalue weighted by Crippen LogP contribution is -2.41. The van der Waals surface area contributed by atoms with Gasteiger partial charge in [0.05, 0.1) is 26.4 Å². The van der Waals surface area contributed by atoms with E-state index in [1.54, 1.807) is 7.11 Å². The summed E-state index contributed by atoms with van der Waals surface area (Å²) in [6, 6.07) is 0. The molecule has 25 heavy (non-hydrogen) atoms. The molecule has 1 unspecified atom stereocenters. The number of aliphatic imine (C=N–C) groups is 1. The van der Waals surface area contributed by atoms with Crippen molar-refractivity contribution in [1.29, 1.82) is 0 Å². The molecule has 0 saturated carbocycles. The number of rotatable bonds is 9. The Morgan fingerprint density at radius 2 is 1.96 bits per heavy atom. The van der Waals surface area contributed by atoms with E-state index < -0.39 is 0 Å². The first kappa shape index (κ1) is 20.5. The number of nitrogens with zero attached hydrogens (tertiary/aromatic N) is 3. The lowest BCUT2D eigenvalue weighted by Gasteiger charge is -2.29. The van der Waals surface area contributed by atoms with Crippen LogP contribution in [0.5, 0.6) is 0 Å². The number of hydrogen-bond donors (Lipinski definition) is 1. The van der Waals surface area contributed by atoms with E-state index in [0.717, 1.165) is 51.2 Å². The smallest absolute Gasteiger partial charge is 0.193 e. The zero-order valence-electron chi connectivity index (χ0n) is 16.5. The molecular formula is C19H38N4O2.